The van der Waals surface area contributed by atoms with Gasteiger partial charge >= 0.3 is 12.1 Å². The Morgan fingerprint density at radius 1 is 1.02 bits per heavy atom. The van der Waals surface area contributed by atoms with Crippen molar-refractivity contribution in [3.8, 4) is 11.5 Å². The first-order chi connectivity index (χ1) is 19.6. The Balaban J connectivity index is 1.60. The summed E-state index contributed by atoms with van der Waals surface area (Å²) < 4.78 is 67.4. The fourth-order valence-electron chi connectivity index (χ4n) is 5.59. The number of aliphatic imine (C=N–C) groups is 1. The first-order valence-corrected chi connectivity index (χ1v) is 13.1. The molecule has 3 aromatic rings. The van der Waals surface area contributed by atoms with Gasteiger partial charge in [-0.1, -0.05) is 18.2 Å². The third-order valence-electron chi connectivity index (χ3n) is 7.57. The van der Waals surface area contributed by atoms with Crippen LogP contribution in [0.25, 0.3) is 0 Å². The Bertz CT molecular complexity index is 1470. The standard InChI is InChI=1S/C30H29F4N3O4/c1-40-21-6-3-5-20(16-21)36-13-11-18(12-14-36)29-35-28-22(7-4-8-23(28)31)24(17-27(38)39)37(29)25-15-19(30(32,33)34)9-10-26(25)41-2/h3-10,15-16,18,24H,11-14,17H2,1-2H3,(H,38,39). The van der Waals surface area contributed by atoms with E-state index in [1.165, 1.54) is 30.2 Å². The molecule has 1 atom stereocenters. The average Bonchev–Trinajstić information content (AvgIpc) is 2.96. The highest BCUT2D eigenvalue weighted by molar-refractivity contribution is 6.05. The molecular formula is C30H29F4N3O4. The third-order valence-corrected chi connectivity index (χ3v) is 7.57. The normalized spacial score (nSPS) is 17.6. The van der Waals surface area contributed by atoms with Gasteiger partial charge in [0.05, 0.1) is 37.9 Å². The van der Waals surface area contributed by atoms with E-state index in [0.717, 1.165) is 17.8 Å². The van der Waals surface area contributed by atoms with Crippen molar-refractivity contribution >= 4 is 28.9 Å². The fraction of sp³-hybridized carbons (Fsp3) is 0.333. The number of ether oxygens (including phenoxy) is 2. The lowest BCUT2D eigenvalue weighted by Gasteiger charge is -2.43. The topological polar surface area (TPSA) is 74.6 Å². The van der Waals surface area contributed by atoms with Gasteiger partial charge < -0.3 is 24.4 Å². The quantitative estimate of drug-likeness (QED) is 0.313. The Kier molecular flexibility index (Phi) is 7.79. The van der Waals surface area contributed by atoms with Gasteiger partial charge in [-0.15, -0.1) is 0 Å². The van der Waals surface area contributed by atoms with Crippen molar-refractivity contribution in [2.75, 3.05) is 37.1 Å². The summed E-state index contributed by atoms with van der Waals surface area (Å²) in [5.41, 5.74) is 0.359. The number of aliphatic carboxylic acids is 1. The minimum absolute atomic E-state index is 0.00571. The lowest BCUT2D eigenvalue weighted by molar-refractivity contribution is -0.138. The molecule has 2 heterocycles. The van der Waals surface area contributed by atoms with E-state index < -0.39 is 36.0 Å². The van der Waals surface area contributed by atoms with Gasteiger partial charge in [0, 0.05) is 36.3 Å². The van der Waals surface area contributed by atoms with Gasteiger partial charge in [-0.2, -0.15) is 13.2 Å². The number of carboxylic acids is 1. The molecule has 11 heteroatoms. The maximum Gasteiger partial charge on any atom is 0.416 e. The molecule has 1 saturated heterocycles. The number of para-hydroxylation sites is 1. The van der Waals surface area contributed by atoms with Crippen LogP contribution in [0.15, 0.2) is 65.7 Å². The van der Waals surface area contributed by atoms with Crippen LogP contribution in [0.3, 0.4) is 0 Å². The van der Waals surface area contributed by atoms with Crippen LogP contribution < -0.4 is 19.3 Å². The molecule has 0 bridgehead atoms. The maximum absolute atomic E-state index is 15.1. The number of hydrogen-bond donors (Lipinski definition) is 1. The Labute approximate surface area is 234 Å². The molecule has 1 unspecified atom stereocenters. The second-order valence-electron chi connectivity index (χ2n) is 9.98. The average molecular weight is 572 g/mol. The van der Waals surface area contributed by atoms with Gasteiger partial charge in [0.15, 0.2) is 0 Å². The minimum atomic E-state index is -4.65. The second-order valence-corrected chi connectivity index (χ2v) is 9.98. The van der Waals surface area contributed by atoms with Crippen molar-refractivity contribution in [1.82, 2.24) is 0 Å². The predicted molar refractivity (Wildman–Crippen MR) is 147 cm³/mol. The zero-order valence-corrected chi connectivity index (χ0v) is 22.5. The number of piperidine rings is 1. The molecule has 216 valence electrons. The van der Waals surface area contributed by atoms with Crippen LogP contribution in [0.2, 0.25) is 0 Å². The zero-order valence-electron chi connectivity index (χ0n) is 22.5. The van der Waals surface area contributed by atoms with E-state index in [-0.39, 0.29) is 28.6 Å². The predicted octanol–water partition coefficient (Wildman–Crippen LogP) is 6.84. The number of anilines is 2. The van der Waals surface area contributed by atoms with Crippen LogP contribution in [-0.4, -0.2) is 44.2 Å². The zero-order chi connectivity index (χ0) is 29.3. The summed E-state index contributed by atoms with van der Waals surface area (Å²) in [6, 6.07) is 13.9. The number of alkyl halides is 3. The van der Waals surface area contributed by atoms with Gasteiger partial charge in [-0.25, -0.2) is 9.38 Å². The third kappa shape index (κ3) is 5.66. The van der Waals surface area contributed by atoms with Crippen molar-refractivity contribution < 1.29 is 36.9 Å². The summed E-state index contributed by atoms with van der Waals surface area (Å²) in [4.78, 5) is 20.4. The number of amidine groups is 1. The van der Waals surface area contributed by atoms with Crippen LogP contribution >= 0.6 is 0 Å². The monoisotopic (exact) mass is 571 g/mol. The SMILES string of the molecule is COc1cccc(N2CCC(C3=Nc4c(F)cccc4C(CC(=O)O)N3c3cc(C(F)(F)F)ccc3OC)CC2)c1. The summed E-state index contributed by atoms with van der Waals surface area (Å²) in [5, 5.41) is 9.85. The largest absolute Gasteiger partial charge is 0.497 e. The van der Waals surface area contributed by atoms with Crippen molar-refractivity contribution in [3.05, 3.63) is 77.6 Å². The minimum Gasteiger partial charge on any atom is -0.497 e. The highest BCUT2D eigenvalue weighted by Crippen LogP contribution is 2.47. The molecule has 3 aromatic carbocycles. The number of methoxy groups -OCH3 is 2. The molecular weight excluding hydrogens is 542 g/mol. The van der Waals surface area contributed by atoms with Gasteiger partial charge in [0.1, 0.15) is 28.8 Å². The summed E-state index contributed by atoms with van der Waals surface area (Å²) in [7, 11) is 2.92. The van der Waals surface area contributed by atoms with Crippen LogP contribution in [0.4, 0.5) is 34.6 Å². The van der Waals surface area contributed by atoms with Gasteiger partial charge in [0.25, 0.3) is 0 Å². The summed E-state index contributed by atoms with van der Waals surface area (Å²) in [6.45, 7) is 1.19. The van der Waals surface area contributed by atoms with E-state index in [0.29, 0.717) is 37.5 Å². The summed E-state index contributed by atoms with van der Waals surface area (Å²) in [6.07, 6.45) is -4.03. The maximum atomic E-state index is 15.1. The van der Waals surface area contributed by atoms with Crippen molar-refractivity contribution in [1.29, 1.82) is 0 Å². The summed E-state index contributed by atoms with van der Waals surface area (Å²) in [5.74, 6) is -0.950. The second kappa shape index (κ2) is 11.3. The van der Waals surface area contributed by atoms with Crippen LogP contribution in [-0.2, 0) is 11.0 Å². The Morgan fingerprint density at radius 2 is 1.76 bits per heavy atom. The molecule has 2 aliphatic rings. The molecule has 5 rings (SSSR count). The number of fused-ring (bicyclic) bond motifs is 1. The van der Waals surface area contributed by atoms with Gasteiger partial charge in [-0.3, -0.25) is 4.79 Å². The lowest BCUT2D eigenvalue weighted by Crippen LogP contribution is -2.46. The Hall–Kier alpha value is -4.28. The van der Waals surface area contributed by atoms with Crippen molar-refractivity contribution in [2.24, 2.45) is 10.9 Å². The smallest absolute Gasteiger partial charge is 0.416 e. The highest BCUT2D eigenvalue weighted by atomic mass is 19.4. The molecule has 0 aromatic heterocycles. The number of halogens is 4. The molecule has 0 aliphatic carbocycles. The number of benzene rings is 3. The fourth-order valence-corrected chi connectivity index (χ4v) is 5.59. The molecule has 1 fully saturated rings. The van der Waals surface area contributed by atoms with E-state index in [1.54, 1.807) is 13.2 Å². The highest BCUT2D eigenvalue weighted by Gasteiger charge is 2.40. The number of carbonyl (C=O) groups is 1. The van der Waals surface area contributed by atoms with Crippen LogP contribution in [0.1, 0.15) is 36.4 Å². The number of nitrogens with zero attached hydrogens (tertiary/aromatic N) is 3. The lowest BCUT2D eigenvalue weighted by atomic mass is 9.89. The Morgan fingerprint density at radius 3 is 2.41 bits per heavy atom. The first-order valence-electron chi connectivity index (χ1n) is 13.1. The number of hydrogen-bond acceptors (Lipinski definition) is 6. The van der Waals surface area contributed by atoms with Crippen molar-refractivity contribution in [2.45, 2.75) is 31.5 Å². The van der Waals surface area contributed by atoms with E-state index >= 15 is 4.39 Å². The van der Waals surface area contributed by atoms with Crippen LogP contribution in [0.5, 0.6) is 11.5 Å². The molecule has 7 nitrogen and oxygen atoms in total. The molecule has 1 N–H and O–H groups in total. The number of rotatable bonds is 7. The van der Waals surface area contributed by atoms with Crippen LogP contribution in [0, 0.1) is 11.7 Å². The molecule has 0 amide bonds. The van der Waals surface area contributed by atoms with Crippen molar-refractivity contribution in [3.63, 3.8) is 0 Å². The van der Waals surface area contributed by atoms with E-state index in [2.05, 4.69) is 9.89 Å². The van der Waals surface area contributed by atoms with Gasteiger partial charge in [-0.05, 0) is 49.2 Å². The molecule has 0 radical (unpaired) electrons. The van der Waals surface area contributed by atoms with Gasteiger partial charge in [0.2, 0.25) is 0 Å². The van der Waals surface area contributed by atoms with E-state index in [1.807, 2.05) is 24.3 Å². The molecule has 0 spiro atoms. The molecule has 41 heavy (non-hydrogen) atoms. The molecule has 2 aliphatic heterocycles. The molecule has 0 saturated carbocycles. The first kappa shape index (κ1) is 28.3. The number of carboxylic acid groups (broad SMARTS) is 1. The van der Waals surface area contributed by atoms with E-state index in [4.69, 9.17) is 9.47 Å². The van der Waals surface area contributed by atoms with E-state index in [9.17, 15) is 23.1 Å². The summed E-state index contributed by atoms with van der Waals surface area (Å²) >= 11 is 0.